The number of aromatic nitrogens is 2. The number of H-pyrrole nitrogens is 1. The normalized spacial score (nSPS) is 12.6. The highest BCUT2D eigenvalue weighted by Crippen LogP contribution is 2.29. The largest absolute Gasteiger partial charge is 0.385 e. The van der Waals surface area contributed by atoms with Crippen LogP contribution in [0.4, 0.5) is 0 Å². The van der Waals surface area contributed by atoms with Crippen molar-refractivity contribution in [3.63, 3.8) is 0 Å². The molecular formula is C13H15BrClN3O. The van der Waals surface area contributed by atoms with Gasteiger partial charge in [0.1, 0.15) is 5.82 Å². The van der Waals surface area contributed by atoms with Gasteiger partial charge in [-0.3, -0.25) is 0 Å². The Balaban J connectivity index is 2.20. The van der Waals surface area contributed by atoms with Crippen molar-refractivity contribution in [3.05, 3.63) is 39.7 Å². The van der Waals surface area contributed by atoms with Gasteiger partial charge in [0.05, 0.1) is 23.0 Å². The Bertz CT molecular complexity index is 559. The molecule has 0 spiro atoms. The topological polar surface area (TPSA) is 63.9 Å². The Morgan fingerprint density at radius 3 is 3.00 bits per heavy atom. The summed E-state index contributed by atoms with van der Waals surface area (Å²) in [5.41, 5.74) is 7.79. The lowest BCUT2D eigenvalue weighted by Crippen LogP contribution is -2.14. The third kappa shape index (κ3) is 3.57. The Labute approximate surface area is 125 Å². The van der Waals surface area contributed by atoms with Crippen LogP contribution in [0.5, 0.6) is 0 Å². The van der Waals surface area contributed by atoms with Gasteiger partial charge in [0.2, 0.25) is 0 Å². The number of ether oxygens (including phenoxy) is 1. The maximum Gasteiger partial charge on any atom is 0.123 e. The first-order valence-corrected chi connectivity index (χ1v) is 7.03. The van der Waals surface area contributed by atoms with E-state index in [1.54, 1.807) is 13.3 Å². The fourth-order valence-corrected chi connectivity index (χ4v) is 2.53. The van der Waals surface area contributed by atoms with Gasteiger partial charge in [-0.2, -0.15) is 0 Å². The van der Waals surface area contributed by atoms with Crippen molar-refractivity contribution in [1.82, 2.24) is 9.97 Å². The number of nitrogens with two attached hydrogens (primary N) is 1. The van der Waals surface area contributed by atoms with Gasteiger partial charge in [0, 0.05) is 23.8 Å². The number of hydrogen-bond acceptors (Lipinski definition) is 3. The lowest BCUT2D eigenvalue weighted by atomic mass is 10.2. The van der Waals surface area contributed by atoms with Gasteiger partial charge in [-0.05, 0) is 18.6 Å². The van der Waals surface area contributed by atoms with Crippen LogP contribution in [0.2, 0.25) is 5.02 Å². The molecule has 1 aromatic carbocycles. The minimum Gasteiger partial charge on any atom is -0.385 e. The average molecular weight is 345 g/mol. The van der Waals surface area contributed by atoms with Crippen molar-refractivity contribution < 1.29 is 4.74 Å². The highest BCUT2D eigenvalue weighted by atomic mass is 79.9. The number of halogens is 2. The zero-order valence-corrected chi connectivity index (χ0v) is 12.8. The molecule has 0 amide bonds. The fourth-order valence-electron chi connectivity index (χ4n) is 1.75. The first-order valence-electron chi connectivity index (χ1n) is 5.86. The maximum absolute atomic E-state index is 6.21. The Morgan fingerprint density at radius 2 is 2.32 bits per heavy atom. The van der Waals surface area contributed by atoms with E-state index in [1.165, 1.54) is 0 Å². The molecule has 3 N–H and O–H groups in total. The molecular weight excluding hydrogens is 330 g/mol. The highest BCUT2D eigenvalue weighted by Gasteiger charge is 2.12. The monoisotopic (exact) mass is 343 g/mol. The van der Waals surface area contributed by atoms with E-state index in [1.807, 2.05) is 18.2 Å². The van der Waals surface area contributed by atoms with Crippen molar-refractivity contribution in [2.75, 3.05) is 13.7 Å². The molecule has 6 heteroatoms. The minimum atomic E-state index is -0.164. The smallest absolute Gasteiger partial charge is 0.123 e. The van der Waals surface area contributed by atoms with Gasteiger partial charge >= 0.3 is 0 Å². The molecule has 0 bridgehead atoms. The number of nitrogens with zero attached hydrogens (tertiary/aromatic N) is 1. The number of hydrogen-bond donors (Lipinski definition) is 2. The number of rotatable bonds is 5. The molecule has 0 aliphatic heterocycles. The van der Waals surface area contributed by atoms with Gasteiger partial charge < -0.3 is 15.5 Å². The van der Waals surface area contributed by atoms with Crippen LogP contribution in [0.15, 0.2) is 28.9 Å². The standard InChI is InChI=1S/C13H15BrClN3O/c1-19-5-4-11(16)13-17-7-12(18-13)9-3-2-8(14)6-10(9)15/h2-3,6-7,11H,4-5,16H2,1H3,(H,17,18). The number of methoxy groups -OCH3 is 1. The van der Waals surface area contributed by atoms with Crippen molar-refractivity contribution in [3.8, 4) is 11.3 Å². The molecule has 4 nitrogen and oxygen atoms in total. The van der Waals surface area contributed by atoms with Crippen LogP contribution in [0.1, 0.15) is 18.3 Å². The van der Waals surface area contributed by atoms with Gasteiger partial charge in [-0.15, -0.1) is 0 Å². The molecule has 0 saturated heterocycles. The summed E-state index contributed by atoms with van der Waals surface area (Å²) < 4.78 is 5.95. The molecule has 1 unspecified atom stereocenters. The summed E-state index contributed by atoms with van der Waals surface area (Å²) in [4.78, 5) is 7.51. The molecule has 2 aromatic rings. The molecule has 1 aromatic heterocycles. The molecule has 0 radical (unpaired) electrons. The number of aromatic amines is 1. The number of benzene rings is 1. The van der Waals surface area contributed by atoms with Crippen LogP contribution in [0.3, 0.4) is 0 Å². The zero-order valence-electron chi connectivity index (χ0n) is 10.5. The van der Waals surface area contributed by atoms with Gasteiger partial charge in [-0.25, -0.2) is 4.98 Å². The highest BCUT2D eigenvalue weighted by molar-refractivity contribution is 9.10. The van der Waals surface area contributed by atoms with Crippen molar-refractivity contribution in [2.45, 2.75) is 12.5 Å². The summed E-state index contributed by atoms with van der Waals surface area (Å²) >= 11 is 9.59. The summed E-state index contributed by atoms with van der Waals surface area (Å²) in [6.07, 6.45) is 2.47. The first-order chi connectivity index (χ1) is 9.11. The Morgan fingerprint density at radius 1 is 1.53 bits per heavy atom. The maximum atomic E-state index is 6.21. The second-order valence-corrected chi connectivity index (χ2v) is 5.52. The van der Waals surface area contributed by atoms with Gasteiger partial charge in [0.25, 0.3) is 0 Å². The zero-order chi connectivity index (χ0) is 13.8. The van der Waals surface area contributed by atoms with Crippen LogP contribution >= 0.6 is 27.5 Å². The number of imidazole rings is 1. The lowest BCUT2D eigenvalue weighted by Gasteiger charge is -2.07. The third-order valence-corrected chi connectivity index (χ3v) is 3.61. The predicted octanol–water partition coefficient (Wildman–Crippen LogP) is 3.53. The molecule has 2 rings (SSSR count). The van der Waals surface area contributed by atoms with E-state index in [2.05, 4.69) is 25.9 Å². The second kappa shape index (κ2) is 6.52. The summed E-state index contributed by atoms with van der Waals surface area (Å²) in [7, 11) is 1.65. The molecule has 0 fully saturated rings. The summed E-state index contributed by atoms with van der Waals surface area (Å²) in [5.74, 6) is 0.742. The molecule has 1 heterocycles. The SMILES string of the molecule is COCCC(N)c1ncc(-c2ccc(Br)cc2Cl)[nH]1. The van der Waals surface area contributed by atoms with E-state index in [9.17, 15) is 0 Å². The average Bonchev–Trinajstić information content (AvgIpc) is 2.85. The Hall–Kier alpha value is -0.880. The lowest BCUT2D eigenvalue weighted by molar-refractivity contribution is 0.187. The quantitative estimate of drug-likeness (QED) is 0.872. The fraction of sp³-hybridized carbons (Fsp3) is 0.308. The van der Waals surface area contributed by atoms with E-state index in [0.29, 0.717) is 11.6 Å². The summed E-state index contributed by atoms with van der Waals surface area (Å²) in [6.45, 7) is 0.607. The predicted molar refractivity (Wildman–Crippen MR) is 80.2 cm³/mol. The molecule has 0 aliphatic rings. The first kappa shape index (κ1) is 14.5. The van der Waals surface area contributed by atoms with Crippen LogP contribution < -0.4 is 5.73 Å². The molecule has 19 heavy (non-hydrogen) atoms. The van der Waals surface area contributed by atoms with Crippen LogP contribution in [0, 0.1) is 0 Å². The van der Waals surface area contributed by atoms with E-state index < -0.39 is 0 Å². The van der Waals surface area contributed by atoms with Crippen molar-refractivity contribution >= 4 is 27.5 Å². The second-order valence-electron chi connectivity index (χ2n) is 4.19. The molecule has 0 saturated carbocycles. The van der Waals surface area contributed by atoms with E-state index in [0.717, 1.165) is 28.0 Å². The van der Waals surface area contributed by atoms with Crippen LogP contribution in [-0.2, 0) is 4.74 Å². The molecule has 0 aliphatic carbocycles. The van der Waals surface area contributed by atoms with Gasteiger partial charge in [0.15, 0.2) is 0 Å². The van der Waals surface area contributed by atoms with Crippen LogP contribution in [-0.4, -0.2) is 23.7 Å². The number of nitrogens with one attached hydrogen (secondary N) is 1. The Kier molecular flexibility index (Phi) is 4.99. The molecule has 102 valence electrons. The van der Waals surface area contributed by atoms with E-state index in [-0.39, 0.29) is 6.04 Å². The summed E-state index contributed by atoms with van der Waals surface area (Å²) in [5, 5.41) is 0.662. The van der Waals surface area contributed by atoms with Crippen molar-refractivity contribution in [1.29, 1.82) is 0 Å². The van der Waals surface area contributed by atoms with Gasteiger partial charge in [-0.1, -0.05) is 33.6 Å². The minimum absolute atomic E-state index is 0.164. The molecule has 1 atom stereocenters. The van der Waals surface area contributed by atoms with Crippen molar-refractivity contribution in [2.24, 2.45) is 5.73 Å². The van der Waals surface area contributed by atoms with Crippen LogP contribution in [0.25, 0.3) is 11.3 Å². The van der Waals surface area contributed by atoms with E-state index in [4.69, 9.17) is 22.1 Å². The third-order valence-electron chi connectivity index (χ3n) is 2.80. The summed E-state index contributed by atoms with van der Waals surface area (Å²) in [6, 6.07) is 5.56. The van der Waals surface area contributed by atoms with E-state index >= 15 is 0 Å².